The zero-order chi connectivity index (χ0) is 13.3. The number of rotatable bonds is 3. The molecule has 0 unspecified atom stereocenters. The predicted octanol–water partition coefficient (Wildman–Crippen LogP) is 1.73. The summed E-state index contributed by atoms with van der Waals surface area (Å²) in [7, 11) is -2.95. The molecule has 5 nitrogen and oxygen atoms in total. The Labute approximate surface area is 104 Å². The van der Waals surface area contributed by atoms with Crippen molar-refractivity contribution < 1.29 is 22.8 Å². The van der Waals surface area contributed by atoms with Crippen molar-refractivity contribution >= 4 is 20.9 Å². The summed E-state index contributed by atoms with van der Waals surface area (Å²) in [6.45, 7) is 0. The van der Waals surface area contributed by atoms with E-state index >= 15 is 0 Å². The Kier molecular flexibility index (Phi) is 3.25. The predicted molar refractivity (Wildman–Crippen MR) is 67.0 cm³/mol. The average molecular weight is 268 g/mol. The van der Waals surface area contributed by atoms with Gasteiger partial charge < -0.3 is 9.84 Å². The first kappa shape index (κ1) is 12.8. The number of aliphatic hydroxyl groups is 1. The average Bonchev–Trinajstić information content (AvgIpc) is 2.35. The first-order valence-electron chi connectivity index (χ1n) is 5.14. The van der Waals surface area contributed by atoms with Crippen molar-refractivity contribution in [3.63, 3.8) is 0 Å². The second-order valence-electron chi connectivity index (χ2n) is 3.84. The van der Waals surface area contributed by atoms with Crippen LogP contribution in [0.15, 0.2) is 36.4 Å². The molecule has 0 radical (unpaired) electrons. The molecule has 0 aliphatic rings. The molecule has 2 aromatic rings. The summed E-state index contributed by atoms with van der Waals surface area (Å²) >= 11 is 0. The molecule has 0 spiro atoms. The first-order valence-corrected chi connectivity index (χ1v) is 6.64. The highest BCUT2D eigenvalue weighted by atomic mass is 32.2. The molecule has 0 heterocycles. The second kappa shape index (κ2) is 4.56. The van der Waals surface area contributed by atoms with E-state index in [2.05, 4.69) is 0 Å². The van der Waals surface area contributed by atoms with Gasteiger partial charge in [0.05, 0.1) is 7.11 Å². The monoisotopic (exact) mass is 268 g/mol. The van der Waals surface area contributed by atoms with Crippen molar-refractivity contribution in [3.05, 3.63) is 42.0 Å². The molecule has 0 aromatic heterocycles. The fourth-order valence-electron chi connectivity index (χ4n) is 1.69. The third-order valence-corrected chi connectivity index (χ3v) is 3.48. The molecule has 2 aromatic carbocycles. The minimum absolute atomic E-state index is 0.121. The van der Waals surface area contributed by atoms with Crippen LogP contribution in [0.3, 0.4) is 0 Å². The largest absolute Gasteiger partial charge is 0.497 e. The van der Waals surface area contributed by atoms with Crippen LogP contribution in [-0.2, 0) is 10.1 Å². The molecule has 0 aliphatic carbocycles. The maximum Gasteiger partial charge on any atom is 0.296 e. The molecule has 1 atom stereocenters. The molecule has 2 N–H and O–H groups in total. The van der Waals surface area contributed by atoms with Crippen LogP contribution in [0.5, 0.6) is 5.75 Å². The van der Waals surface area contributed by atoms with Gasteiger partial charge in [-0.2, -0.15) is 8.42 Å². The molecule has 0 bridgehead atoms. The summed E-state index contributed by atoms with van der Waals surface area (Å²) in [5, 5.41) is 11.0. The van der Waals surface area contributed by atoms with Crippen molar-refractivity contribution in [1.29, 1.82) is 0 Å². The quantitative estimate of drug-likeness (QED) is 0.828. The molecular weight excluding hydrogens is 256 g/mol. The van der Waals surface area contributed by atoms with Gasteiger partial charge in [0.25, 0.3) is 10.1 Å². The van der Waals surface area contributed by atoms with Crippen LogP contribution < -0.4 is 4.74 Å². The third-order valence-electron chi connectivity index (χ3n) is 2.64. The Morgan fingerprint density at radius 3 is 2.33 bits per heavy atom. The summed E-state index contributed by atoms with van der Waals surface area (Å²) in [5.41, 5.74) is -1.81. The summed E-state index contributed by atoms with van der Waals surface area (Å²) < 4.78 is 35.6. The lowest BCUT2D eigenvalue weighted by atomic mass is 10.1. The van der Waals surface area contributed by atoms with Gasteiger partial charge in [0, 0.05) is 0 Å². The van der Waals surface area contributed by atoms with Crippen LogP contribution in [0.1, 0.15) is 11.0 Å². The Bertz CT molecular complexity index is 678. The number of aliphatic hydroxyl groups excluding tert-OH is 1. The van der Waals surface area contributed by atoms with Gasteiger partial charge in [-0.15, -0.1) is 0 Å². The molecule has 96 valence electrons. The number of hydrogen-bond donors (Lipinski definition) is 2. The lowest BCUT2D eigenvalue weighted by molar-refractivity contribution is 0.238. The normalized spacial score (nSPS) is 13.5. The van der Waals surface area contributed by atoms with Gasteiger partial charge in [-0.25, -0.2) is 0 Å². The van der Waals surface area contributed by atoms with Gasteiger partial charge in [0.15, 0.2) is 0 Å². The van der Waals surface area contributed by atoms with E-state index in [-0.39, 0.29) is 5.56 Å². The molecule has 2 rings (SSSR count). The van der Waals surface area contributed by atoms with Crippen LogP contribution in [0.25, 0.3) is 10.8 Å². The molecule has 0 fully saturated rings. The Hall–Kier alpha value is -1.63. The fraction of sp³-hybridized carbons (Fsp3) is 0.167. The Morgan fingerprint density at radius 1 is 1.11 bits per heavy atom. The summed E-state index contributed by atoms with van der Waals surface area (Å²) in [4.78, 5) is 0. The van der Waals surface area contributed by atoms with Gasteiger partial charge in [0.2, 0.25) is 5.44 Å². The van der Waals surface area contributed by atoms with Crippen LogP contribution in [0.2, 0.25) is 0 Å². The number of fused-ring (bicyclic) bond motifs is 1. The van der Waals surface area contributed by atoms with E-state index < -0.39 is 15.6 Å². The minimum Gasteiger partial charge on any atom is -0.497 e. The summed E-state index contributed by atoms with van der Waals surface area (Å²) in [5.74, 6) is 0.686. The zero-order valence-electron chi connectivity index (χ0n) is 9.57. The molecular formula is C12H12O5S. The third kappa shape index (κ3) is 2.45. The van der Waals surface area contributed by atoms with Gasteiger partial charge in [-0.1, -0.05) is 18.2 Å². The van der Waals surface area contributed by atoms with Crippen molar-refractivity contribution in [1.82, 2.24) is 0 Å². The fourth-order valence-corrected chi connectivity index (χ4v) is 2.19. The van der Waals surface area contributed by atoms with E-state index in [0.29, 0.717) is 5.75 Å². The maximum atomic E-state index is 10.9. The smallest absolute Gasteiger partial charge is 0.296 e. The van der Waals surface area contributed by atoms with Crippen molar-refractivity contribution in [2.24, 2.45) is 0 Å². The first-order chi connectivity index (χ1) is 8.41. The zero-order valence-corrected chi connectivity index (χ0v) is 10.4. The lowest BCUT2D eigenvalue weighted by Crippen LogP contribution is -2.10. The van der Waals surface area contributed by atoms with Gasteiger partial charge >= 0.3 is 0 Å². The van der Waals surface area contributed by atoms with Crippen LogP contribution in [-0.4, -0.2) is 25.2 Å². The second-order valence-corrected chi connectivity index (χ2v) is 5.32. The van der Waals surface area contributed by atoms with Gasteiger partial charge in [-0.3, -0.25) is 4.55 Å². The minimum atomic E-state index is -4.51. The lowest BCUT2D eigenvalue weighted by Gasteiger charge is -2.09. The van der Waals surface area contributed by atoms with Crippen molar-refractivity contribution in [2.75, 3.05) is 7.11 Å². The molecule has 0 amide bonds. The summed E-state index contributed by atoms with van der Waals surface area (Å²) in [6.07, 6.45) is 0. The van der Waals surface area contributed by atoms with Crippen LogP contribution >= 0.6 is 0 Å². The van der Waals surface area contributed by atoms with E-state index in [0.717, 1.165) is 10.8 Å². The highest BCUT2D eigenvalue weighted by Crippen LogP contribution is 2.26. The molecule has 0 saturated carbocycles. The van der Waals surface area contributed by atoms with E-state index in [4.69, 9.17) is 9.29 Å². The Balaban J connectivity index is 2.52. The van der Waals surface area contributed by atoms with Gasteiger partial charge in [-0.05, 0) is 34.5 Å². The topological polar surface area (TPSA) is 83.8 Å². The van der Waals surface area contributed by atoms with E-state index in [1.54, 1.807) is 31.4 Å². The Morgan fingerprint density at radius 2 is 1.72 bits per heavy atom. The van der Waals surface area contributed by atoms with Crippen molar-refractivity contribution in [2.45, 2.75) is 5.44 Å². The molecule has 0 aliphatic heterocycles. The van der Waals surface area contributed by atoms with Gasteiger partial charge in [0.1, 0.15) is 5.75 Å². The highest BCUT2D eigenvalue weighted by Gasteiger charge is 2.21. The highest BCUT2D eigenvalue weighted by molar-refractivity contribution is 7.85. The van der Waals surface area contributed by atoms with E-state index in [1.807, 2.05) is 0 Å². The molecule has 6 heteroatoms. The summed E-state index contributed by atoms with van der Waals surface area (Å²) in [6, 6.07) is 9.87. The maximum absolute atomic E-state index is 10.9. The number of benzene rings is 2. The number of hydrogen-bond acceptors (Lipinski definition) is 4. The molecule has 0 saturated heterocycles. The van der Waals surface area contributed by atoms with Crippen LogP contribution in [0.4, 0.5) is 0 Å². The van der Waals surface area contributed by atoms with E-state index in [9.17, 15) is 13.5 Å². The van der Waals surface area contributed by atoms with Crippen LogP contribution in [0, 0.1) is 0 Å². The number of methoxy groups -OCH3 is 1. The standard InChI is InChI=1S/C12H12O5S/c1-17-11-5-4-8-6-10(3-2-9(8)7-11)12(13)18(14,15)16/h2-7,12-13H,1H3,(H,14,15,16)/t12-/m0/s1. The van der Waals surface area contributed by atoms with Crippen molar-refractivity contribution in [3.8, 4) is 5.75 Å². The SMILES string of the molecule is COc1ccc2cc([C@@H](O)S(=O)(=O)O)ccc2c1. The molecule has 18 heavy (non-hydrogen) atoms. The van der Waals surface area contributed by atoms with E-state index in [1.165, 1.54) is 12.1 Å². The number of ether oxygens (including phenoxy) is 1.